The molecule has 3 rings (SSSR count). The molecule has 1 heterocycles. The molecule has 1 aliphatic heterocycles. The highest BCUT2D eigenvalue weighted by Crippen LogP contribution is 2.41. The minimum absolute atomic E-state index is 0.0209. The van der Waals surface area contributed by atoms with Gasteiger partial charge in [-0.2, -0.15) is 0 Å². The van der Waals surface area contributed by atoms with E-state index in [1.807, 2.05) is 0 Å². The molecule has 2 atom stereocenters. The number of ether oxygens (including phenoxy) is 3. The smallest absolute Gasteiger partial charge is 0.310 e. The van der Waals surface area contributed by atoms with E-state index in [0.717, 1.165) is 5.56 Å². The fraction of sp³-hybridized carbons (Fsp3) is 0.467. The Morgan fingerprint density at radius 1 is 1.15 bits per heavy atom. The Morgan fingerprint density at radius 3 is 2.65 bits per heavy atom. The van der Waals surface area contributed by atoms with Gasteiger partial charge < -0.3 is 14.2 Å². The Kier molecular flexibility index (Phi) is 3.12. The van der Waals surface area contributed by atoms with Gasteiger partial charge >= 0.3 is 5.97 Å². The molecule has 0 unspecified atom stereocenters. The van der Waals surface area contributed by atoms with E-state index in [-0.39, 0.29) is 23.6 Å². The van der Waals surface area contributed by atoms with Gasteiger partial charge in [0.05, 0.1) is 32.3 Å². The van der Waals surface area contributed by atoms with Crippen LogP contribution >= 0.6 is 0 Å². The van der Waals surface area contributed by atoms with Crippen molar-refractivity contribution < 1.29 is 23.8 Å². The van der Waals surface area contributed by atoms with Gasteiger partial charge in [0.1, 0.15) is 11.5 Å². The summed E-state index contributed by atoms with van der Waals surface area (Å²) in [4.78, 5) is 24.5. The number of methoxy groups -OCH3 is 2. The van der Waals surface area contributed by atoms with E-state index in [1.54, 1.807) is 19.2 Å². The van der Waals surface area contributed by atoms with Crippen LogP contribution in [0.4, 0.5) is 0 Å². The highest BCUT2D eigenvalue weighted by Gasteiger charge is 2.44. The molecule has 0 spiro atoms. The van der Waals surface area contributed by atoms with Gasteiger partial charge in [0.15, 0.2) is 5.78 Å². The van der Waals surface area contributed by atoms with Gasteiger partial charge in [0.25, 0.3) is 0 Å². The number of carbonyl (C=O) groups is 2. The van der Waals surface area contributed by atoms with E-state index in [1.165, 1.54) is 7.11 Å². The number of hydrogen-bond acceptors (Lipinski definition) is 5. The fourth-order valence-electron chi connectivity index (χ4n) is 3.09. The molecule has 0 radical (unpaired) electrons. The Bertz CT molecular complexity index is 578. The maximum Gasteiger partial charge on any atom is 0.310 e. The van der Waals surface area contributed by atoms with Gasteiger partial charge in [0.2, 0.25) is 0 Å². The van der Waals surface area contributed by atoms with E-state index in [9.17, 15) is 9.59 Å². The van der Waals surface area contributed by atoms with Gasteiger partial charge in [-0.05, 0) is 24.5 Å². The van der Waals surface area contributed by atoms with Gasteiger partial charge in [-0.3, -0.25) is 9.59 Å². The number of rotatable bonds is 2. The van der Waals surface area contributed by atoms with Crippen LogP contribution in [0.1, 0.15) is 22.3 Å². The molecule has 0 bridgehead atoms. The molecule has 1 aromatic rings. The number of fused-ring (bicyclic) bond motifs is 2. The minimum atomic E-state index is -0.374. The highest BCUT2D eigenvalue weighted by molar-refractivity contribution is 6.05. The first-order chi connectivity index (χ1) is 9.65. The number of ketones is 1. The van der Waals surface area contributed by atoms with Crippen molar-refractivity contribution in [3.63, 3.8) is 0 Å². The van der Waals surface area contributed by atoms with Crippen LogP contribution in [0.3, 0.4) is 0 Å². The summed E-state index contributed by atoms with van der Waals surface area (Å²) in [6.45, 7) is 0.319. The summed E-state index contributed by atoms with van der Waals surface area (Å²) >= 11 is 0. The van der Waals surface area contributed by atoms with E-state index in [2.05, 4.69) is 0 Å². The molecule has 2 aliphatic rings. The Labute approximate surface area is 116 Å². The molecule has 1 saturated heterocycles. The van der Waals surface area contributed by atoms with Crippen LogP contribution in [-0.2, 0) is 16.0 Å². The Balaban J connectivity index is 2.11. The van der Waals surface area contributed by atoms with Crippen molar-refractivity contribution in [2.24, 2.45) is 11.8 Å². The second kappa shape index (κ2) is 4.81. The van der Waals surface area contributed by atoms with E-state index in [0.29, 0.717) is 36.5 Å². The Morgan fingerprint density at radius 2 is 1.95 bits per heavy atom. The van der Waals surface area contributed by atoms with Crippen LogP contribution in [0, 0.1) is 11.8 Å². The predicted molar refractivity (Wildman–Crippen MR) is 70.1 cm³/mol. The number of benzene rings is 1. The lowest BCUT2D eigenvalue weighted by Gasteiger charge is -2.34. The van der Waals surface area contributed by atoms with Crippen LogP contribution < -0.4 is 9.47 Å². The maximum absolute atomic E-state index is 12.6. The van der Waals surface area contributed by atoms with E-state index < -0.39 is 0 Å². The zero-order chi connectivity index (χ0) is 14.3. The van der Waals surface area contributed by atoms with Gasteiger partial charge in [-0.15, -0.1) is 0 Å². The third-order valence-corrected chi connectivity index (χ3v) is 4.10. The first-order valence-corrected chi connectivity index (χ1v) is 6.61. The molecule has 0 N–H and O–H groups in total. The number of carbonyl (C=O) groups excluding carboxylic acids is 2. The second-order valence-corrected chi connectivity index (χ2v) is 5.10. The SMILES string of the molecule is COc1cc2c(c(OC)c1)C(=O)[C@@H]1CCOC(=O)[C@H]1C2. The van der Waals surface area contributed by atoms with Crippen molar-refractivity contribution in [1.29, 1.82) is 0 Å². The molecule has 1 aromatic carbocycles. The lowest BCUT2D eigenvalue weighted by atomic mass is 9.72. The topological polar surface area (TPSA) is 61.8 Å². The number of hydrogen-bond donors (Lipinski definition) is 0. The third kappa shape index (κ3) is 1.85. The third-order valence-electron chi connectivity index (χ3n) is 4.10. The van der Waals surface area contributed by atoms with Gasteiger partial charge in [0, 0.05) is 12.0 Å². The molecule has 0 amide bonds. The fourth-order valence-corrected chi connectivity index (χ4v) is 3.09. The standard InChI is InChI=1S/C15H16O5/c1-18-9-5-8-6-11-10(3-4-20-15(11)17)14(16)13(8)12(7-9)19-2/h5,7,10-11H,3-4,6H2,1-2H3/t10-,11+/m1/s1. The monoisotopic (exact) mass is 276 g/mol. The van der Waals surface area contributed by atoms with Crippen LogP contribution in [0.5, 0.6) is 11.5 Å². The molecular formula is C15H16O5. The predicted octanol–water partition coefficient (Wildman–Crippen LogP) is 1.62. The van der Waals surface area contributed by atoms with Gasteiger partial charge in [-0.1, -0.05) is 0 Å². The average Bonchev–Trinajstić information content (AvgIpc) is 2.47. The summed E-state index contributed by atoms with van der Waals surface area (Å²) in [5.74, 6) is 0.179. The summed E-state index contributed by atoms with van der Waals surface area (Å²) in [6, 6.07) is 3.51. The quantitative estimate of drug-likeness (QED) is 0.768. The first kappa shape index (κ1) is 13.0. The van der Waals surface area contributed by atoms with Gasteiger partial charge in [-0.25, -0.2) is 0 Å². The molecule has 20 heavy (non-hydrogen) atoms. The first-order valence-electron chi connectivity index (χ1n) is 6.61. The van der Waals surface area contributed by atoms with Crippen LogP contribution in [0.2, 0.25) is 0 Å². The summed E-state index contributed by atoms with van der Waals surface area (Å²) in [7, 11) is 3.09. The lowest BCUT2D eigenvalue weighted by Crippen LogP contribution is -2.41. The maximum atomic E-state index is 12.6. The zero-order valence-corrected chi connectivity index (χ0v) is 11.5. The van der Waals surface area contributed by atoms with E-state index in [4.69, 9.17) is 14.2 Å². The lowest BCUT2D eigenvalue weighted by molar-refractivity contribution is -0.155. The second-order valence-electron chi connectivity index (χ2n) is 5.10. The van der Waals surface area contributed by atoms with Crippen molar-refractivity contribution in [2.75, 3.05) is 20.8 Å². The van der Waals surface area contributed by atoms with Crippen LogP contribution in [-0.4, -0.2) is 32.6 Å². The van der Waals surface area contributed by atoms with Crippen molar-refractivity contribution in [3.05, 3.63) is 23.3 Å². The average molecular weight is 276 g/mol. The largest absolute Gasteiger partial charge is 0.497 e. The summed E-state index contributed by atoms with van der Waals surface area (Å²) in [5, 5.41) is 0. The summed E-state index contributed by atoms with van der Waals surface area (Å²) in [6.07, 6.45) is 1.09. The summed E-state index contributed by atoms with van der Waals surface area (Å²) < 4.78 is 15.6. The zero-order valence-electron chi connectivity index (χ0n) is 11.5. The number of Topliss-reactive ketones (excluding diaryl/α,β-unsaturated/α-hetero) is 1. The molecule has 0 saturated carbocycles. The number of cyclic esters (lactones) is 1. The molecule has 1 fully saturated rings. The molecule has 5 nitrogen and oxygen atoms in total. The van der Waals surface area contributed by atoms with Crippen molar-refractivity contribution >= 4 is 11.8 Å². The molecule has 106 valence electrons. The van der Waals surface area contributed by atoms with Crippen LogP contribution in [0.25, 0.3) is 0 Å². The normalized spacial score (nSPS) is 24.5. The molecule has 0 aromatic heterocycles. The highest BCUT2D eigenvalue weighted by atomic mass is 16.5. The van der Waals surface area contributed by atoms with Crippen LogP contribution in [0.15, 0.2) is 12.1 Å². The van der Waals surface area contributed by atoms with Crippen molar-refractivity contribution in [3.8, 4) is 11.5 Å². The van der Waals surface area contributed by atoms with Crippen molar-refractivity contribution in [2.45, 2.75) is 12.8 Å². The molecular weight excluding hydrogens is 260 g/mol. The number of esters is 1. The minimum Gasteiger partial charge on any atom is -0.497 e. The van der Waals surface area contributed by atoms with E-state index >= 15 is 0 Å². The van der Waals surface area contributed by atoms with Crippen molar-refractivity contribution in [1.82, 2.24) is 0 Å². The molecule has 1 aliphatic carbocycles. The molecule has 5 heteroatoms. The summed E-state index contributed by atoms with van der Waals surface area (Å²) in [5.41, 5.74) is 1.38. The Hall–Kier alpha value is -2.04.